The molecule has 1 fully saturated rings. The second kappa shape index (κ2) is 6.75. The molecule has 0 unspecified atom stereocenters. The number of hydrogen-bond donors (Lipinski definition) is 1. The number of nitrogens with one attached hydrogen (secondary N) is 1. The van der Waals surface area contributed by atoms with Crippen molar-refractivity contribution < 1.29 is 9.59 Å². The monoisotopic (exact) mass is 371 g/mol. The van der Waals surface area contributed by atoms with Gasteiger partial charge in [0.15, 0.2) is 5.78 Å². The molecular weight excluding hydrogens is 350 g/mol. The largest absolute Gasteiger partial charge is 0.356 e. The molecule has 1 aliphatic carbocycles. The number of ketones is 1. The van der Waals surface area contributed by atoms with Gasteiger partial charge in [-0.1, -0.05) is 30.3 Å². The van der Waals surface area contributed by atoms with E-state index in [4.69, 9.17) is 0 Å². The Morgan fingerprint density at radius 2 is 1.82 bits per heavy atom. The molecule has 28 heavy (non-hydrogen) atoms. The first kappa shape index (κ1) is 16.9. The van der Waals surface area contributed by atoms with E-state index in [1.54, 1.807) is 17.3 Å². The molecule has 1 N–H and O–H groups in total. The number of aromatic nitrogens is 2. The van der Waals surface area contributed by atoms with Crippen LogP contribution in [-0.2, 0) is 17.8 Å². The molecule has 0 spiro atoms. The van der Waals surface area contributed by atoms with Gasteiger partial charge < -0.3 is 9.88 Å². The van der Waals surface area contributed by atoms with Crippen molar-refractivity contribution in [3.63, 3.8) is 0 Å². The molecule has 0 radical (unpaired) electrons. The second-order valence-electron chi connectivity index (χ2n) is 7.62. The SMILES string of the molecule is O=C1CN(C(=O)C2CC2)Cc2[nH]c(-c3ccncc3)c(Cc3ccccc3)c21. The fourth-order valence-electron chi connectivity index (χ4n) is 4.04. The Labute approximate surface area is 163 Å². The molecule has 0 saturated heterocycles. The molecule has 1 amide bonds. The highest BCUT2D eigenvalue weighted by molar-refractivity contribution is 6.04. The van der Waals surface area contributed by atoms with Gasteiger partial charge in [-0.25, -0.2) is 0 Å². The van der Waals surface area contributed by atoms with Crippen LogP contribution in [0.1, 0.15) is 40.0 Å². The van der Waals surface area contributed by atoms with E-state index in [0.29, 0.717) is 13.0 Å². The lowest BCUT2D eigenvalue weighted by Gasteiger charge is -2.26. The number of benzene rings is 1. The highest BCUT2D eigenvalue weighted by atomic mass is 16.2. The van der Waals surface area contributed by atoms with Crippen LogP contribution in [0, 0.1) is 5.92 Å². The standard InChI is InChI=1S/C23H21N3O2/c27-20-14-26(23(28)17-6-7-17)13-19-21(20)18(12-15-4-2-1-3-5-15)22(25-19)16-8-10-24-11-9-16/h1-5,8-11,17,25H,6-7,12-14H2. The minimum Gasteiger partial charge on any atom is -0.356 e. The molecule has 5 rings (SSSR count). The molecule has 3 heterocycles. The van der Waals surface area contributed by atoms with Gasteiger partial charge in [-0.05, 0) is 36.1 Å². The zero-order valence-electron chi connectivity index (χ0n) is 15.5. The highest BCUT2D eigenvalue weighted by Crippen LogP contribution is 2.36. The van der Waals surface area contributed by atoms with Crippen molar-refractivity contribution in [2.24, 2.45) is 5.92 Å². The quantitative estimate of drug-likeness (QED) is 0.762. The normalized spacial score (nSPS) is 16.1. The van der Waals surface area contributed by atoms with Gasteiger partial charge in [0.1, 0.15) is 0 Å². The van der Waals surface area contributed by atoms with Crippen LogP contribution in [0.15, 0.2) is 54.9 Å². The summed E-state index contributed by atoms with van der Waals surface area (Å²) in [7, 11) is 0. The molecule has 2 aliphatic rings. The number of carbonyl (C=O) groups excluding carboxylic acids is 2. The molecule has 2 aromatic heterocycles. The van der Waals surface area contributed by atoms with E-state index in [0.717, 1.165) is 46.5 Å². The van der Waals surface area contributed by atoms with Crippen LogP contribution in [0.5, 0.6) is 0 Å². The van der Waals surface area contributed by atoms with Crippen molar-refractivity contribution in [3.05, 3.63) is 77.2 Å². The van der Waals surface area contributed by atoms with Crippen LogP contribution in [0.2, 0.25) is 0 Å². The third-order valence-electron chi connectivity index (χ3n) is 5.57. The van der Waals surface area contributed by atoms with Gasteiger partial charge >= 0.3 is 0 Å². The third kappa shape index (κ3) is 3.03. The molecule has 5 heteroatoms. The van der Waals surface area contributed by atoms with Gasteiger partial charge in [-0.15, -0.1) is 0 Å². The second-order valence-corrected chi connectivity index (χ2v) is 7.62. The zero-order valence-corrected chi connectivity index (χ0v) is 15.5. The van der Waals surface area contributed by atoms with Crippen molar-refractivity contribution in [1.29, 1.82) is 0 Å². The highest BCUT2D eigenvalue weighted by Gasteiger charge is 2.38. The topological polar surface area (TPSA) is 66.1 Å². The predicted octanol–water partition coefficient (Wildman–Crippen LogP) is 3.60. The molecule has 1 aromatic carbocycles. The fraction of sp³-hybridized carbons (Fsp3) is 0.261. The van der Waals surface area contributed by atoms with Crippen LogP contribution < -0.4 is 0 Å². The maximum Gasteiger partial charge on any atom is 0.226 e. The van der Waals surface area contributed by atoms with Gasteiger partial charge in [-0.2, -0.15) is 0 Å². The Balaban J connectivity index is 1.59. The van der Waals surface area contributed by atoms with Crippen LogP contribution >= 0.6 is 0 Å². The minimum absolute atomic E-state index is 0.0257. The number of Topliss-reactive ketones (excluding diaryl/α,β-unsaturated/α-hetero) is 1. The van der Waals surface area contributed by atoms with E-state index in [1.807, 2.05) is 30.3 Å². The van der Waals surface area contributed by atoms with Crippen molar-refractivity contribution in [3.8, 4) is 11.3 Å². The molecular formula is C23H21N3O2. The molecule has 0 bridgehead atoms. The Kier molecular flexibility index (Phi) is 4.08. The number of carbonyl (C=O) groups is 2. The molecule has 1 saturated carbocycles. The summed E-state index contributed by atoms with van der Waals surface area (Å²) in [6, 6.07) is 14.1. The van der Waals surface area contributed by atoms with Crippen molar-refractivity contribution in [2.45, 2.75) is 25.8 Å². The lowest BCUT2D eigenvalue weighted by Crippen LogP contribution is -2.40. The summed E-state index contributed by atoms with van der Waals surface area (Å²) < 4.78 is 0. The average Bonchev–Trinajstić information content (AvgIpc) is 3.51. The van der Waals surface area contributed by atoms with Crippen LogP contribution in [0.25, 0.3) is 11.3 Å². The van der Waals surface area contributed by atoms with Crippen LogP contribution in [0.4, 0.5) is 0 Å². The smallest absolute Gasteiger partial charge is 0.226 e. The van der Waals surface area contributed by atoms with E-state index in [-0.39, 0.29) is 24.2 Å². The van der Waals surface area contributed by atoms with E-state index >= 15 is 0 Å². The molecule has 0 atom stereocenters. The lowest BCUT2D eigenvalue weighted by molar-refractivity contribution is -0.132. The molecule has 1 aliphatic heterocycles. The summed E-state index contributed by atoms with van der Waals surface area (Å²) >= 11 is 0. The molecule has 5 nitrogen and oxygen atoms in total. The number of hydrogen-bond acceptors (Lipinski definition) is 3. The zero-order chi connectivity index (χ0) is 19.1. The summed E-state index contributed by atoms with van der Waals surface area (Å²) in [5.41, 5.74) is 5.73. The van der Waals surface area contributed by atoms with Crippen LogP contribution in [0.3, 0.4) is 0 Å². The van der Waals surface area contributed by atoms with E-state index in [9.17, 15) is 9.59 Å². The first-order chi connectivity index (χ1) is 13.7. The summed E-state index contributed by atoms with van der Waals surface area (Å²) in [5.74, 6) is 0.258. The fourth-order valence-corrected chi connectivity index (χ4v) is 4.04. The number of amides is 1. The summed E-state index contributed by atoms with van der Waals surface area (Å²) in [5, 5.41) is 0. The van der Waals surface area contributed by atoms with Crippen molar-refractivity contribution in [2.75, 3.05) is 6.54 Å². The summed E-state index contributed by atoms with van der Waals surface area (Å²) in [6.45, 7) is 0.654. The van der Waals surface area contributed by atoms with Crippen molar-refractivity contribution in [1.82, 2.24) is 14.9 Å². The maximum absolute atomic E-state index is 13.1. The van der Waals surface area contributed by atoms with Crippen molar-refractivity contribution >= 4 is 11.7 Å². The minimum atomic E-state index is 0.0257. The number of aromatic amines is 1. The van der Waals surface area contributed by atoms with E-state index in [1.165, 1.54) is 0 Å². The maximum atomic E-state index is 13.1. The molecule has 140 valence electrons. The van der Waals surface area contributed by atoms with Gasteiger partial charge in [0.25, 0.3) is 0 Å². The lowest BCUT2D eigenvalue weighted by atomic mass is 9.93. The van der Waals surface area contributed by atoms with Gasteiger partial charge in [0, 0.05) is 41.6 Å². The van der Waals surface area contributed by atoms with E-state index < -0.39 is 0 Å². The number of pyridine rings is 1. The number of H-pyrrole nitrogens is 1. The van der Waals surface area contributed by atoms with E-state index in [2.05, 4.69) is 22.1 Å². The predicted molar refractivity (Wildman–Crippen MR) is 106 cm³/mol. The Morgan fingerprint density at radius 3 is 2.54 bits per heavy atom. The first-order valence-corrected chi connectivity index (χ1v) is 9.70. The first-order valence-electron chi connectivity index (χ1n) is 9.70. The van der Waals surface area contributed by atoms with Gasteiger partial charge in [0.2, 0.25) is 5.91 Å². The average molecular weight is 371 g/mol. The molecule has 3 aromatic rings. The Hall–Kier alpha value is -3.21. The van der Waals surface area contributed by atoms with Gasteiger partial charge in [0.05, 0.1) is 18.8 Å². The number of rotatable bonds is 4. The number of fused-ring (bicyclic) bond motifs is 1. The summed E-state index contributed by atoms with van der Waals surface area (Å²) in [6.07, 6.45) is 6.08. The number of nitrogens with zero attached hydrogens (tertiary/aromatic N) is 2. The summed E-state index contributed by atoms with van der Waals surface area (Å²) in [4.78, 5) is 34.9. The van der Waals surface area contributed by atoms with Gasteiger partial charge in [-0.3, -0.25) is 14.6 Å². The Morgan fingerprint density at radius 1 is 1.07 bits per heavy atom. The Bertz CT molecular complexity index is 1040. The van der Waals surface area contributed by atoms with Crippen LogP contribution in [-0.4, -0.2) is 33.1 Å². The third-order valence-corrected chi connectivity index (χ3v) is 5.57.